The van der Waals surface area contributed by atoms with Crippen LogP contribution in [0.2, 0.25) is 0 Å². The van der Waals surface area contributed by atoms with E-state index in [0.29, 0.717) is 37.2 Å². The van der Waals surface area contributed by atoms with Crippen molar-refractivity contribution in [3.8, 4) is 0 Å². The van der Waals surface area contributed by atoms with Crippen molar-refractivity contribution in [3.63, 3.8) is 0 Å². The molecule has 0 unspecified atom stereocenters. The van der Waals surface area contributed by atoms with Gasteiger partial charge in [-0.3, -0.25) is 0 Å². The van der Waals surface area contributed by atoms with E-state index in [4.69, 9.17) is 9.26 Å². The standard InChI is InChI=1S/C16H23N3O2/c1-13(2)12-20-9-8-17-11-16-18-15(19-21-16)10-14-6-4-3-5-7-14/h3-7,13,17H,8-12H2,1-2H3. The number of hydrogen-bond donors (Lipinski definition) is 1. The van der Waals surface area contributed by atoms with E-state index in [9.17, 15) is 0 Å². The van der Waals surface area contributed by atoms with Gasteiger partial charge in [-0.1, -0.05) is 49.3 Å². The zero-order valence-corrected chi connectivity index (χ0v) is 12.7. The van der Waals surface area contributed by atoms with E-state index in [0.717, 1.165) is 13.2 Å². The molecule has 0 aliphatic heterocycles. The predicted octanol–water partition coefficient (Wildman–Crippen LogP) is 2.42. The van der Waals surface area contributed by atoms with Gasteiger partial charge in [0.25, 0.3) is 0 Å². The number of hydrogen-bond acceptors (Lipinski definition) is 5. The van der Waals surface area contributed by atoms with Crippen LogP contribution in [0.4, 0.5) is 0 Å². The van der Waals surface area contributed by atoms with Gasteiger partial charge in [0.05, 0.1) is 13.2 Å². The Labute approximate surface area is 125 Å². The van der Waals surface area contributed by atoms with Crippen LogP contribution >= 0.6 is 0 Å². The molecule has 2 rings (SSSR count). The van der Waals surface area contributed by atoms with E-state index in [1.165, 1.54) is 5.56 Å². The summed E-state index contributed by atoms with van der Waals surface area (Å²) < 4.78 is 10.7. The molecule has 1 aromatic heterocycles. The Morgan fingerprint density at radius 1 is 1.24 bits per heavy atom. The third-order valence-corrected chi connectivity index (χ3v) is 2.87. The number of benzene rings is 1. The van der Waals surface area contributed by atoms with E-state index in [1.54, 1.807) is 0 Å². The molecule has 1 heterocycles. The quantitative estimate of drug-likeness (QED) is 0.718. The zero-order valence-electron chi connectivity index (χ0n) is 12.7. The van der Waals surface area contributed by atoms with Crippen molar-refractivity contribution in [2.24, 2.45) is 5.92 Å². The Morgan fingerprint density at radius 2 is 2.05 bits per heavy atom. The third-order valence-electron chi connectivity index (χ3n) is 2.87. The zero-order chi connectivity index (χ0) is 14.9. The first-order chi connectivity index (χ1) is 10.2. The topological polar surface area (TPSA) is 60.2 Å². The molecule has 0 amide bonds. The van der Waals surface area contributed by atoms with E-state index in [1.807, 2.05) is 18.2 Å². The Bertz CT molecular complexity index is 511. The fourth-order valence-electron chi connectivity index (χ4n) is 1.87. The summed E-state index contributed by atoms with van der Waals surface area (Å²) in [6, 6.07) is 10.1. The van der Waals surface area contributed by atoms with E-state index >= 15 is 0 Å². The van der Waals surface area contributed by atoms with Crippen LogP contribution in [0.25, 0.3) is 0 Å². The van der Waals surface area contributed by atoms with Crippen molar-refractivity contribution in [2.75, 3.05) is 19.8 Å². The van der Waals surface area contributed by atoms with Gasteiger partial charge in [0.2, 0.25) is 5.89 Å². The molecule has 1 aromatic carbocycles. The average Bonchev–Trinajstić information content (AvgIpc) is 2.91. The van der Waals surface area contributed by atoms with Crippen molar-refractivity contribution >= 4 is 0 Å². The Hall–Kier alpha value is -1.72. The summed E-state index contributed by atoms with van der Waals surface area (Å²) in [6.07, 6.45) is 0.696. The van der Waals surface area contributed by atoms with Gasteiger partial charge < -0.3 is 14.6 Å². The van der Waals surface area contributed by atoms with Gasteiger partial charge in [-0.05, 0) is 11.5 Å². The van der Waals surface area contributed by atoms with Crippen LogP contribution < -0.4 is 5.32 Å². The lowest BCUT2D eigenvalue weighted by Crippen LogP contribution is -2.20. The van der Waals surface area contributed by atoms with Crippen molar-refractivity contribution in [1.82, 2.24) is 15.5 Å². The summed E-state index contributed by atoms with van der Waals surface area (Å²) in [4.78, 5) is 4.37. The summed E-state index contributed by atoms with van der Waals surface area (Å²) in [6.45, 7) is 7.13. The molecule has 0 aliphatic rings. The summed E-state index contributed by atoms with van der Waals surface area (Å²) >= 11 is 0. The number of ether oxygens (including phenoxy) is 1. The molecule has 2 aromatic rings. The highest BCUT2D eigenvalue weighted by molar-refractivity contribution is 5.18. The van der Waals surface area contributed by atoms with Gasteiger partial charge >= 0.3 is 0 Å². The van der Waals surface area contributed by atoms with Crippen LogP contribution in [0.3, 0.4) is 0 Å². The summed E-state index contributed by atoms with van der Waals surface area (Å²) in [5, 5.41) is 7.22. The fourth-order valence-corrected chi connectivity index (χ4v) is 1.87. The van der Waals surface area contributed by atoms with Gasteiger partial charge in [-0.2, -0.15) is 4.98 Å². The molecule has 5 nitrogen and oxygen atoms in total. The Morgan fingerprint density at radius 3 is 2.81 bits per heavy atom. The molecule has 0 radical (unpaired) electrons. The minimum absolute atomic E-state index is 0.571. The van der Waals surface area contributed by atoms with Gasteiger partial charge in [-0.15, -0.1) is 0 Å². The van der Waals surface area contributed by atoms with Crippen LogP contribution in [0.15, 0.2) is 34.9 Å². The SMILES string of the molecule is CC(C)COCCNCc1nc(Cc2ccccc2)no1. The fraction of sp³-hybridized carbons (Fsp3) is 0.500. The largest absolute Gasteiger partial charge is 0.380 e. The maximum absolute atomic E-state index is 5.49. The molecule has 0 bridgehead atoms. The molecule has 114 valence electrons. The maximum Gasteiger partial charge on any atom is 0.240 e. The first kappa shape index (κ1) is 15.7. The minimum atomic E-state index is 0.571. The normalized spacial score (nSPS) is 11.2. The van der Waals surface area contributed by atoms with Gasteiger partial charge in [0.15, 0.2) is 5.82 Å². The summed E-state index contributed by atoms with van der Waals surface area (Å²) in [7, 11) is 0. The third kappa shape index (κ3) is 6.06. The molecule has 0 spiro atoms. The van der Waals surface area contributed by atoms with Gasteiger partial charge in [-0.25, -0.2) is 0 Å². The van der Waals surface area contributed by atoms with Crippen LogP contribution in [-0.4, -0.2) is 29.9 Å². The van der Waals surface area contributed by atoms with Crippen LogP contribution in [0.5, 0.6) is 0 Å². The van der Waals surface area contributed by atoms with Gasteiger partial charge in [0, 0.05) is 19.6 Å². The second-order valence-electron chi connectivity index (χ2n) is 5.41. The first-order valence-corrected chi connectivity index (χ1v) is 7.38. The number of nitrogens with one attached hydrogen (secondary N) is 1. The van der Waals surface area contributed by atoms with E-state index < -0.39 is 0 Å². The van der Waals surface area contributed by atoms with Crippen molar-refractivity contribution in [3.05, 3.63) is 47.6 Å². The first-order valence-electron chi connectivity index (χ1n) is 7.38. The smallest absolute Gasteiger partial charge is 0.240 e. The number of rotatable bonds is 9. The van der Waals surface area contributed by atoms with E-state index in [2.05, 4.69) is 41.4 Å². The average molecular weight is 289 g/mol. The molecule has 0 atom stereocenters. The number of nitrogens with zero attached hydrogens (tertiary/aromatic N) is 2. The lowest BCUT2D eigenvalue weighted by atomic mass is 10.1. The maximum atomic E-state index is 5.49. The van der Waals surface area contributed by atoms with Crippen LogP contribution in [-0.2, 0) is 17.7 Å². The van der Waals surface area contributed by atoms with Crippen molar-refractivity contribution in [1.29, 1.82) is 0 Å². The molecular formula is C16H23N3O2. The summed E-state index contributed by atoms with van der Waals surface area (Å²) in [5.41, 5.74) is 1.18. The van der Waals surface area contributed by atoms with Gasteiger partial charge in [0.1, 0.15) is 0 Å². The minimum Gasteiger partial charge on any atom is -0.380 e. The van der Waals surface area contributed by atoms with Crippen molar-refractivity contribution in [2.45, 2.75) is 26.8 Å². The highest BCUT2D eigenvalue weighted by Crippen LogP contribution is 2.06. The second kappa shape index (κ2) is 8.54. The van der Waals surface area contributed by atoms with Crippen molar-refractivity contribution < 1.29 is 9.26 Å². The molecular weight excluding hydrogens is 266 g/mol. The van der Waals surface area contributed by atoms with Crippen LogP contribution in [0, 0.1) is 5.92 Å². The number of aromatic nitrogens is 2. The molecule has 0 aliphatic carbocycles. The Kier molecular flexibility index (Phi) is 6.37. The lowest BCUT2D eigenvalue weighted by molar-refractivity contribution is 0.111. The second-order valence-corrected chi connectivity index (χ2v) is 5.41. The highest BCUT2D eigenvalue weighted by Gasteiger charge is 2.06. The monoisotopic (exact) mass is 289 g/mol. The van der Waals surface area contributed by atoms with Crippen LogP contribution in [0.1, 0.15) is 31.1 Å². The molecule has 1 N–H and O–H groups in total. The summed E-state index contributed by atoms with van der Waals surface area (Å²) in [5.74, 6) is 1.90. The molecule has 21 heavy (non-hydrogen) atoms. The molecule has 0 fully saturated rings. The molecule has 0 saturated carbocycles. The molecule has 0 saturated heterocycles. The Balaban J connectivity index is 1.66. The van der Waals surface area contributed by atoms with E-state index in [-0.39, 0.29) is 0 Å². The molecule has 5 heteroatoms. The lowest BCUT2D eigenvalue weighted by Gasteiger charge is -2.06. The highest BCUT2D eigenvalue weighted by atomic mass is 16.5. The predicted molar refractivity (Wildman–Crippen MR) is 80.9 cm³/mol.